The van der Waals surface area contributed by atoms with E-state index in [2.05, 4.69) is 25.9 Å². The van der Waals surface area contributed by atoms with E-state index in [9.17, 15) is 9.59 Å². The fraction of sp³-hybridized carbons (Fsp3) is 0.100. The summed E-state index contributed by atoms with van der Waals surface area (Å²) >= 11 is 0. The van der Waals surface area contributed by atoms with Crippen molar-refractivity contribution in [2.24, 2.45) is 0 Å². The number of carbonyl (C=O) groups is 2. The molecule has 27 heavy (non-hydrogen) atoms. The first-order chi connectivity index (χ1) is 13.0. The summed E-state index contributed by atoms with van der Waals surface area (Å²) in [5.74, 6) is -0.192. The topological polar surface area (TPSA) is 96.0 Å². The molecule has 7 heteroatoms. The molecule has 0 unspecified atom stereocenters. The number of nitrogens with zero attached hydrogens (tertiary/aromatic N) is 2. The van der Waals surface area contributed by atoms with Gasteiger partial charge in [0.1, 0.15) is 5.69 Å². The number of aromatic nitrogens is 2. The molecular formula is C20H19N5O2. The van der Waals surface area contributed by atoms with E-state index in [1.165, 1.54) is 13.1 Å². The van der Waals surface area contributed by atoms with E-state index in [1.807, 2.05) is 37.3 Å². The summed E-state index contributed by atoms with van der Waals surface area (Å²) in [6, 6.07) is 16.2. The molecule has 3 aromatic rings. The van der Waals surface area contributed by atoms with Crippen LogP contribution in [0.4, 0.5) is 23.0 Å². The summed E-state index contributed by atoms with van der Waals surface area (Å²) < 4.78 is 0. The minimum Gasteiger partial charge on any atom is -0.326 e. The van der Waals surface area contributed by atoms with Gasteiger partial charge in [0.2, 0.25) is 11.9 Å². The van der Waals surface area contributed by atoms with Crippen LogP contribution in [0.15, 0.2) is 60.8 Å². The zero-order valence-corrected chi connectivity index (χ0v) is 15.0. The number of carbonyl (C=O) groups excluding carboxylic acids is 2. The second-order valence-electron chi connectivity index (χ2n) is 5.98. The highest BCUT2D eigenvalue weighted by Crippen LogP contribution is 2.18. The van der Waals surface area contributed by atoms with Crippen molar-refractivity contribution in [3.05, 3.63) is 72.1 Å². The Balaban J connectivity index is 1.73. The van der Waals surface area contributed by atoms with Gasteiger partial charge in [-0.3, -0.25) is 9.59 Å². The lowest BCUT2D eigenvalue weighted by Crippen LogP contribution is -2.14. The Morgan fingerprint density at radius 3 is 2.33 bits per heavy atom. The number of benzene rings is 2. The minimum atomic E-state index is -0.321. The van der Waals surface area contributed by atoms with E-state index in [0.29, 0.717) is 17.1 Å². The maximum Gasteiger partial charge on any atom is 0.274 e. The van der Waals surface area contributed by atoms with Crippen molar-refractivity contribution in [2.75, 3.05) is 16.0 Å². The maximum atomic E-state index is 12.4. The molecule has 3 N–H and O–H groups in total. The Labute approximate surface area is 156 Å². The molecule has 0 atom stereocenters. The van der Waals surface area contributed by atoms with Crippen LogP contribution in [0.2, 0.25) is 0 Å². The van der Waals surface area contributed by atoms with Crippen LogP contribution in [0.5, 0.6) is 0 Å². The summed E-state index contributed by atoms with van der Waals surface area (Å²) in [5, 5.41) is 8.56. The Morgan fingerprint density at radius 2 is 1.59 bits per heavy atom. The average Bonchev–Trinajstić information content (AvgIpc) is 2.62. The Hall–Kier alpha value is -3.74. The van der Waals surface area contributed by atoms with Crippen molar-refractivity contribution in [1.29, 1.82) is 0 Å². The average molecular weight is 361 g/mol. The number of anilines is 4. The summed E-state index contributed by atoms with van der Waals surface area (Å²) in [4.78, 5) is 32.0. The van der Waals surface area contributed by atoms with Gasteiger partial charge in [-0.25, -0.2) is 9.97 Å². The highest BCUT2D eigenvalue weighted by molar-refractivity contribution is 6.03. The van der Waals surface area contributed by atoms with E-state index in [4.69, 9.17) is 0 Å². The molecule has 0 fully saturated rings. The van der Waals surface area contributed by atoms with Crippen LogP contribution < -0.4 is 16.0 Å². The van der Waals surface area contributed by atoms with Gasteiger partial charge in [-0.2, -0.15) is 0 Å². The SMILES string of the molecule is CC(=O)Nc1cccc(Nc2nccc(C(=O)Nc3cccc(C)c3)n2)c1. The number of rotatable bonds is 5. The molecule has 0 bridgehead atoms. The number of hydrogen-bond donors (Lipinski definition) is 3. The Bertz CT molecular complexity index is 987. The van der Waals surface area contributed by atoms with E-state index in [-0.39, 0.29) is 23.5 Å². The first-order valence-corrected chi connectivity index (χ1v) is 8.35. The summed E-state index contributed by atoms with van der Waals surface area (Å²) in [5.41, 5.74) is 3.35. The summed E-state index contributed by atoms with van der Waals surface area (Å²) in [6.07, 6.45) is 1.51. The molecule has 7 nitrogen and oxygen atoms in total. The van der Waals surface area contributed by atoms with E-state index < -0.39 is 0 Å². The number of aryl methyl sites for hydroxylation is 1. The highest BCUT2D eigenvalue weighted by atomic mass is 16.2. The molecule has 0 radical (unpaired) electrons. The van der Waals surface area contributed by atoms with Gasteiger partial charge in [-0.1, -0.05) is 18.2 Å². The van der Waals surface area contributed by atoms with Crippen molar-refractivity contribution >= 4 is 34.8 Å². The van der Waals surface area contributed by atoms with Crippen LogP contribution >= 0.6 is 0 Å². The first kappa shape index (κ1) is 18.1. The number of nitrogens with one attached hydrogen (secondary N) is 3. The fourth-order valence-electron chi connectivity index (χ4n) is 2.47. The first-order valence-electron chi connectivity index (χ1n) is 8.35. The highest BCUT2D eigenvalue weighted by Gasteiger charge is 2.10. The van der Waals surface area contributed by atoms with Crippen molar-refractivity contribution in [3.63, 3.8) is 0 Å². The standard InChI is InChI=1S/C20H19N5O2/c1-13-5-3-6-15(11-13)23-19(27)18-9-10-21-20(25-18)24-17-8-4-7-16(12-17)22-14(2)26/h3-12H,1-2H3,(H,22,26)(H,23,27)(H,21,24,25). The van der Waals surface area contributed by atoms with Crippen molar-refractivity contribution in [2.45, 2.75) is 13.8 Å². The Morgan fingerprint density at radius 1 is 0.889 bits per heavy atom. The van der Waals surface area contributed by atoms with Crippen LogP contribution in [0, 0.1) is 6.92 Å². The smallest absolute Gasteiger partial charge is 0.274 e. The third kappa shape index (κ3) is 5.12. The van der Waals surface area contributed by atoms with Crippen molar-refractivity contribution in [1.82, 2.24) is 9.97 Å². The lowest BCUT2D eigenvalue weighted by atomic mass is 10.2. The van der Waals surface area contributed by atoms with Gasteiger partial charge in [0, 0.05) is 30.2 Å². The number of hydrogen-bond acceptors (Lipinski definition) is 5. The van der Waals surface area contributed by atoms with Gasteiger partial charge in [0.05, 0.1) is 0 Å². The second kappa shape index (κ2) is 8.09. The molecule has 136 valence electrons. The zero-order valence-electron chi connectivity index (χ0n) is 15.0. The summed E-state index contributed by atoms with van der Waals surface area (Å²) in [7, 11) is 0. The fourth-order valence-corrected chi connectivity index (χ4v) is 2.47. The predicted octanol–water partition coefficient (Wildman–Crippen LogP) is 3.74. The molecule has 3 rings (SSSR count). The molecular weight excluding hydrogens is 342 g/mol. The monoisotopic (exact) mass is 361 g/mol. The zero-order chi connectivity index (χ0) is 19.2. The summed E-state index contributed by atoms with van der Waals surface area (Å²) in [6.45, 7) is 3.40. The molecule has 0 saturated carbocycles. The van der Waals surface area contributed by atoms with Gasteiger partial charge >= 0.3 is 0 Å². The van der Waals surface area contributed by atoms with E-state index in [0.717, 1.165) is 5.56 Å². The van der Waals surface area contributed by atoms with Crippen LogP contribution in [-0.4, -0.2) is 21.8 Å². The van der Waals surface area contributed by atoms with Crippen molar-refractivity contribution in [3.8, 4) is 0 Å². The maximum absolute atomic E-state index is 12.4. The Kier molecular flexibility index (Phi) is 5.41. The van der Waals surface area contributed by atoms with Gasteiger partial charge < -0.3 is 16.0 Å². The van der Waals surface area contributed by atoms with Crippen LogP contribution in [0.25, 0.3) is 0 Å². The van der Waals surface area contributed by atoms with Gasteiger partial charge in [0.15, 0.2) is 0 Å². The molecule has 0 aliphatic heterocycles. The quantitative estimate of drug-likeness (QED) is 0.643. The van der Waals surface area contributed by atoms with Crippen LogP contribution in [0.3, 0.4) is 0 Å². The predicted molar refractivity (Wildman–Crippen MR) is 105 cm³/mol. The van der Waals surface area contributed by atoms with E-state index in [1.54, 1.807) is 24.3 Å². The minimum absolute atomic E-state index is 0.154. The third-order valence-electron chi connectivity index (χ3n) is 3.60. The lowest BCUT2D eigenvalue weighted by molar-refractivity contribution is -0.114. The molecule has 1 heterocycles. The van der Waals surface area contributed by atoms with Crippen LogP contribution in [0.1, 0.15) is 23.0 Å². The molecule has 0 spiro atoms. The molecule has 2 amide bonds. The molecule has 1 aromatic heterocycles. The van der Waals surface area contributed by atoms with Crippen molar-refractivity contribution < 1.29 is 9.59 Å². The lowest BCUT2D eigenvalue weighted by Gasteiger charge is -2.09. The molecule has 0 saturated heterocycles. The normalized spacial score (nSPS) is 10.1. The molecule has 2 aromatic carbocycles. The second-order valence-corrected chi connectivity index (χ2v) is 5.98. The number of amides is 2. The largest absolute Gasteiger partial charge is 0.326 e. The van der Waals surface area contributed by atoms with Gasteiger partial charge in [-0.05, 0) is 48.9 Å². The molecule has 0 aliphatic rings. The third-order valence-corrected chi connectivity index (χ3v) is 3.60. The van der Waals surface area contributed by atoms with Crippen LogP contribution in [-0.2, 0) is 4.79 Å². The van der Waals surface area contributed by atoms with E-state index >= 15 is 0 Å². The van der Waals surface area contributed by atoms with Gasteiger partial charge in [-0.15, -0.1) is 0 Å². The molecule has 0 aliphatic carbocycles. The van der Waals surface area contributed by atoms with Gasteiger partial charge in [0.25, 0.3) is 5.91 Å².